The molecule has 2 aromatic rings. The summed E-state index contributed by atoms with van der Waals surface area (Å²) in [6.07, 6.45) is 0. The average Bonchev–Trinajstić information content (AvgIpc) is 2.48. The lowest BCUT2D eigenvalue weighted by molar-refractivity contribution is 0.411. The second-order valence-electron chi connectivity index (χ2n) is 4.26. The van der Waals surface area contributed by atoms with Gasteiger partial charge in [-0.2, -0.15) is 0 Å². The number of ether oxygens (including phenoxy) is 1. The highest BCUT2D eigenvalue weighted by molar-refractivity contribution is 9.10. The van der Waals surface area contributed by atoms with Crippen LogP contribution in [0.3, 0.4) is 0 Å². The number of hydrogen-bond donors (Lipinski definition) is 2. The van der Waals surface area contributed by atoms with Crippen LogP contribution < -0.4 is 16.0 Å². The third-order valence-electron chi connectivity index (χ3n) is 3.05. The number of nitrogens with two attached hydrogens (primary N) is 1. The first kappa shape index (κ1) is 15.8. The quantitative estimate of drug-likeness (QED) is 0.498. The fourth-order valence-corrected chi connectivity index (χ4v) is 2.55. The first-order valence-corrected chi connectivity index (χ1v) is 6.71. The summed E-state index contributed by atoms with van der Waals surface area (Å²) in [5.41, 5.74) is 2.87. The van der Waals surface area contributed by atoms with Crippen LogP contribution >= 0.6 is 15.9 Å². The van der Waals surface area contributed by atoms with Gasteiger partial charge in [0.15, 0.2) is 17.5 Å². The molecule has 21 heavy (non-hydrogen) atoms. The van der Waals surface area contributed by atoms with E-state index in [0.717, 1.165) is 12.1 Å². The summed E-state index contributed by atoms with van der Waals surface area (Å²) in [6.45, 7) is 0. The maximum Gasteiger partial charge on any atom is 0.194 e. The van der Waals surface area contributed by atoms with Gasteiger partial charge in [0.25, 0.3) is 0 Å². The molecule has 3 N–H and O–H groups in total. The fraction of sp³-hybridized carbons (Fsp3) is 0.143. The summed E-state index contributed by atoms with van der Waals surface area (Å²) in [6, 6.07) is 6.13. The van der Waals surface area contributed by atoms with Gasteiger partial charge in [-0.1, -0.05) is 12.1 Å². The minimum atomic E-state index is -1.53. The highest BCUT2D eigenvalue weighted by Gasteiger charge is 2.22. The van der Waals surface area contributed by atoms with Crippen LogP contribution in [0, 0.1) is 17.5 Å². The van der Waals surface area contributed by atoms with E-state index in [1.54, 1.807) is 18.2 Å². The molecule has 7 heteroatoms. The number of nitrogens with one attached hydrogen (secondary N) is 1. The number of methoxy groups -OCH3 is 1. The van der Waals surface area contributed by atoms with Crippen molar-refractivity contribution >= 4 is 15.9 Å². The summed E-state index contributed by atoms with van der Waals surface area (Å²) >= 11 is 3.30. The smallest absolute Gasteiger partial charge is 0.194 e. The zero-order valence-corrected chi connectivity index (χ0v) is 12.5. The van der Waals surface area contributed by atoms with Crippen molar-refractivity contribution in [2.75, 3.05) is 7.11 Å². The van der Waals surface area contributed by atoms with Gasteiger partial charge >= 0.3 is 0 Å². The molecular formula is C14H12BrF3N2O. The molecule has 0 amide bonds. The predicted molar refractivity (Wildman–Crippen MR) is 76.2 cm³/mol. The van der Waals surface area contributed by atoms with E-state index in [-0.39, 0.29) is 5.56 Å². The van der Waals surface area contributed by atoms with Crippen molar-refractivity contribution in [3.05, 3.63) is 63.4 Å². The first-order chi connectivity index (χ1) is 9.99. The molecule has 2 aromatic carbocycles. The maximum absolute atomic E-state index is 13.9. The third kappa shape index (κ3) is 3.04. The SMILES string of the molecule is COc1ccc(C(NN)c2ccc(F)c(F)c2F)cc1Br. The molecule has 0 aliphatic rings. The van der Waals surface area contributed by atoms with E-state index in [1.165, 1.54) is 7.11 Å². The van der Waals surface area contributed by atoms with E-state index in [0.29, 0.717) is 15.8 Å². The molecule has 3 nitrogen and oxygen atoms in total. The van der Waals surface area contributed by atoms with Gasteiger partial charge < -0.3 is 4.74 Å². The lowest BCUT2D eigenvalue weighted by Gasteiger charge is -2.19. The van der Waals surface area contributed by atoms with Crippen molar-refractivity contribution in [2.24, 2.45) is 5.84 Å². The molecule has 112 valence electrons. The van der Waals surface area contributed by atoms with E-state index < -0.39 is 23.5 Å². The van der Waals surface area contributed by atoms with E-state index in [9.17, 15) is 13.2 Å². The molecular weight excluding hydrogens is 349 g/mol. The van der Waals surface area contributed by atoms with Gasteiger partial charge in [0.2, 0.25) is 0 Å². The van der Waals surface area contributed by atoms with Gasteiger partial charge in [-0.3, -0.25) is 5.84 Å². The Hall–Kier alpha value is -1.57. The molecule has 1 unspecified atom stereocenters. The molecule has 0 aliphatic carbocycles. The Balaban J connectivity index is 2.50. The van der Waals surface area contributed by atoms with E-state index in [4.69, 9.17) is 10.6 Å². The highest BCUT2D eigenvalue weighted by Crippen LogP contribution is 2.32. The highest BCUT2D eigenvalue weighted by atomic mass is 79.9. The first-order valence-electron chi connectivity index (χ1n) is 5.92. The molecule has 0 fully saturated rings. The monoisotopic (exact) mass is 360 g/mol. The summed E-state index contributed by atoms with van der Waals surface area (Å²) in [7, 11) is 1.51. The van der Waals surface area contributed by atoms with Gasteiger partial charge in [-0.25, -0.2) is 18.6 Å². The summed E-state index contributed by atoms with van der Waals surface area (Å²) in [5.74, 6) is 1.97. The van der Waals surface area contributed by atoms with Crippen LogP contribution in [-0.2, 0) is 0 Å². The van der Waals surface area contributed by atoms with E-state index >= 15 is 0 Å². The molecule has 2 rings (SSSR count). The Bertz CT molecular complexity index is 667. The second-order valence-corrected chi connectivity index (χ2v) is 5.11. The van der Waals surface area contributed by atoms with Crippen LogP contribution in [0.5, 0.6) is 5.75 Å². The van der Waals surface area contributed by atoms with Gasteiger partial charge in [0.05, 0.1) is 17.6 Å². The van der Waals surface area contributed by atoms with Gasteiger partial charge in [-0.05, 0) is 39.7 Å². The Labute approximate surface area is 128 Å². The minimum Gasteiger partial charge on any atom is -0.496 e. The van der Waals surface area contributed by atoms with Crippen LogP contribution in [-0.4, -0.2) is 7.11 Å². The van der Waals surface area contributed by atoms with Crippen molar-refractivity contribution < 1.29 is 17.9 Å². The molecule has 0 aliphatic heterocycles. The van der Waals surface area contributed by atoms with Crippen molar-refractivity contribution in [2.45, 2.75) is 6.04 Å². The summed E-state index contributed by atoms with van der Waals surface area (Å²) in [5, 5.41) is 0. The van der Waals surface area contributed by atoms with Crippen LogP contribution in [0.4, 0.5) is 13.2 Å². The molecule has 0 heterocycles. The second kappa shape index (κ2) is 6.46. The Morgan fingerprint density at radius 3 is 2.43 bits per heavy atom. The van der Waals surface area contributed by atoms with Gasteiger partial charge in [0.1, 0.15) is 5.75 Å². The third-order valence-corrected chi connectivity index (χ3v) is 3.67. The number of hydrogen-bond acceptors (Lipinski definition) is 3. The number of halogens is 4. The van der Waals surface area contributed by atoms with Crippen LogP contribution in [0.25, 0.3) is 0 Å². The molecule has 0 saturated carbocycles. The zero-order chi connectivity index (χ0) is 15.6. The molecule has 0 radical (unpaired) electrons. The topological polar surface area (TPSA) is 47.3 Å². The number of hydrazine groups is 1. The van der Waals surface area contributed by atoms with E-state index in [2.05, 4.69) is 21.4 Å². The van der Waals surface area contributed by atoms with Gasteiger partial charge in [-0.15, -0.1) is 0 Å². The molecule has 1 atom stereocenters. The lowest BCUT2D eigenvalue weighted by Crippen LogP contribution is -2.30. The largest absolute Gasteiger partial charge is 0.496 e. The van der Waals surface area contributed by atoms with Crippen molar-refractivity contribution in [3.63, 3.8) is 0 Å². The number of rotatable bonds is 4. The lowest BCUT2D eigenvalue weighted by atomic mass is 9.98. The maximum atomic E-state index is 13.9. The van der Waals surface area contributed by atoms with Crippen LogP contribution in [0.15, 0.2) is 34.8 Å². The van der Waals surface area contributed by atoms with Crippen molar-refractivity contribution in [1.29, 1.82) is 0 Å². The Kier molecular flexibility index (Phi) is 4.87. The predicted octanol–water partition coefficient (Wildman–Crippen LogP) is 3.43. The minimum absolute atomic E-state index is 0.0894. The Morgan fingerprint density at radius 2 is 1.86 bits per heavy atom. The number of benzene rings is 2. The van der Waals surface area contributed by atoms with Crippen LogP contribution in [0.1, 0.15) is 17.2 Å². The molecule has 0 saturated heterocycles. The summed E-state index contributed by atoms with van der Waals surface area (Å²) in [4.78, 5) is 0. The normalized spacial score (nSPS) is 12.3. The molecule has 0 aromatic heterocycles. The summed E-state index contributed by atoms with van der Waals surface area (Å²) < 4.78 is 46.0. The molecule has 0 spiro atoms. The fourth-order valence-electron chi connectivity index (χ4n) is 1.99. The standard InChI is InChI=1S/C14H12BrF3N2O/c1-21-11-5-2-7(6-9(11)15)14(20-19)8-3-4-10(16)13(18)12(8)17/h2-6,14,20H,19H2,1H3. The van der Waals surface area contributed by atoms with Gasteiger partial charge in [0, 0.05) is 5.56 Å². The average molecular weight is 361 g/mol. The van der Waals surface area contributed by atoms with E-state index in [1.807, 2.05) is 0 Å². The Morgan fingerprint density at radius 1 is 1.14 bits per heavy atom. The zero-order valence-electron chi connectivity index (χ0n) is 11.0. The molecule has 0 bridgehead atoms. The van der Waals surface area contributed by atoms with Crippen molar-refractivity contribution in [1.82, 2.24) is 5.43 Å². The van der Waals surface area contributed by atoms with Crippen molar-refractivity contribution in [3.8, 4) is 5.75 Å². The van der Waals surface area contributed by atoms with Crippen LogP contribution in [0.2, 0.25) is 0 Å².